The molecule has 0 bridgehead atoms. The molecule has 0 saturated carbocycles. The van der Waals surface area contributed by atoms with Gasteiger partial charge in [-0.05, 0) is 6.54 Å². The largest absolute Gasteiger partial charge is 0.478 e. The lowest BCUT2D eigenvalue weighted by molar-refractivity contribution is -0.144. The van der Waals surface area contributed by atoms with Crippen LogP contribution in [0.15, 0.2) is 0 Å². The molecule has 0 atom stereocenters. The fraction of sp³-hybridized carbons (Fsp3) is 0.750. The van der Waals surface area contributed by atoms with E-state index in [1.165, 1.54) is 0 Å². The Morgan fingerprint density at radius 2 is 2.22 bits per heavy atom. The average molecular weight is 133 g/mol. The first-order valence-corrected chi connectivity index (χ1v) is 2.57. The molecule has 0 aromatic heterocycles. The molecule has 0 aliphatic heterocycles. The Kier molecular flexibility index (Phi) is 2.57. The van der Waals surface area contributed by atoms with Crippen LogP contribution in [-0.4, -0.2) is 23.4 Å². The topological polar surface area (TPSA) is 101 Å². The van der Waals surface area contributed by atoms with Crippen molar-refractivity contribution < 1.29 is 9.90 Å². The second-order valence-electron chi connectivity index (χ2n) is 1.70. The number of carbonyl (C=O) groups is 1. The Morgan fingerprint density at radius 1 is 1.78 bits per heavy atom. The second-order valence-corrected chi connectivity index (χ2v) is 1.70. The summed E-state index contributed by atoms with van der Waals surface area (Å²) < 4.78 is 0. The zero-order chi connectivity index (χ0) is 7.49. The Balaban J connectivity index is 3.85. The molecule has 5 nitrogen and oxygen atoms in total. The minimum absolute atomic E-state index is 0.430. The van der Waals surface area contributed by atoms with Crippen molar-refractivity contribution in [2.75, 3.05) is 6.54 Å². The van der Waals surface area contributed by atoms with E-state index >= 15 is 0 Å². The summed E-state index contributed by atoms with van der Waals surface area (Å²) in [5.41, 5.74) is 10.1. The van der Waals surface area contributed by atoms with E-state index in [9.17, 15) is 4.79 Å². The Morgan fingerprint density at radius 3 is 2.33 bits per heavy atom. The van der Waals surface area contributed by atoms with Crippen molar-refractivity contribution in [3.8, 4) is 0 Å². The number of hydrogen-bond donors (Lipinski definition) is 4. The Bertz CT molecular complexity index is 112. The van der Waals surface area contributed by atoms with Crippen LogP contribution in [0.25, 0.3) is 0 Å². The van der Waals surface area contributed by atoms with Crippen molar-refractivity contribution >= 4 is 5.97 Å². The standard InChI is InChI=1S/C4H11N3O2/c1-2-7-4(5,6)3(8)9/h7H,2,5-6H2,1H3,(H,8,9). The molecule has 0 heterocycles. The van der Waals surface area contributed by atoms with Crippen LogP contribution >= 0.6 is 0 Å². The van der Waals surface area contributed by atoms with Crippen LogP contribution in [0, 0.1) is 0 Å². The average Bonchev–Trinajstić information content (AvgIpc) is 1.65. The monoisotopic (exact) mass is 133 g/mol. The summed E-state index contributed by atoms with van der Waals surface area (Å²) in [6.45, 7) is 2.15. The zero-order valence-corrected chi connectivity index (χ0v) is 5.22. The van der Waals surface area contributed by atoms with E-state index in [0.717, 1.165) is 0 Å². The van der Waals surface area contributed by atoms with Gasteiger partial charge in [0.25, 0.3) is 0 Å². The zero-order valence-electron chi connectivity index (χ0n) is 5.22. The van der Waals surface area contributed by atoms with Gasteiger partial charge < -0.3 is 5.11 Å². The highest BCUT2D eigenvalue weighted by Gasteiger charge is 2.26. The van der Waals surface area contributed by atoms with E-state index in [0.29, 0.717) is 6.54 Å². The summed E-state index contributed by atoms with van der Waals surface area (Å²) >= 11 is 0. The summed E-state index contributed by atoms with van der Waals surface area (Å²) in [4.78, 5) is 10.1. The Labute approximate surface area is 53.0 Å². The van der Waals surface area contributed by atoms with Crippen molar-refractivity contribution in [2.45, 2.75) is 12.7 Å². The second kappa shape index (κ2) is 2.77. The van der Waals surface area contributed by atoms with Crippen LogP contribution in [-0.2, 0) is 4.79 Å². The minimum Gasteiger partial charge on any atom is -0.478 e. The van der Waals surface area contributed by atoms with E-state index in [4.69, 9.17) is 16.6 Å². The number of nitrogens with one attached hydrogen (secondary N) is 1. The molecule has 9 heavy (non-hydrogen) atoms. The quantitative estimate of drug-likeness (QED) is 0.342. The molecular weight excluding hydrogens is 122 g/mol. The SMILES string of the molecule is CCNC(N)(N)C(=O)O. The molecular formula is C4H11N3O2. The fourth-order valence-electron chi connectivity index (χ4n) is 0.368. The first kappa shape index (κ1) is 8.35. The molecule has 0 saturated heterocycles. The van der Waals surface area contributed by atoms with Gasteiger partial charge in [-0.3, -0.25) is 16.8 Å². The maximum atomic E-state index is 10.1. The van der Waals surface area contributed by atoms with Crippen LogP contribution in [0.4, 0.5) is 0 Å². The molecule has 6 N–H and O–H groups in total. The molecule has 0 radical (unpaired) electrons. The van der Waals surface area contributed by atoms with Crippen LogP contribution in [0.1, 0.15) is 6.92 Å². The van der Waals surface area contributed by atoms with Gasteiger partial charge in [0.2, 0.25) is 5.79 Å². The third-order valence-electron chi connectivity index (χ3n) is 0.823. The number of hydrogen-bond acceptors (Lipinski definition) is 4. The molecule has 0 aliphatic rings. The Hall–Kier alpha value is -0.650. The number of rotatable bonds is 3. The van der Waals surface area contributed by atoms with Crippen molar-refractivity contribution in [1.82, 2.24) is 5.32 Å². The number of carboxylic acid groups (broad SMARTS) is 1. The van der Waals surface area contributed by atoms with Gasteiger partial charge in [0.15, 0.2) is 0 Å². The van der Waals surface area contributed by atoms with E-state index < -0.39 is 11.8 Å². The van der Waals surface area contributed by atoms with Crippen molar-refractivity contribution in [3.63, 3.8) is 0 Å². The smallest absolute Gasteiger partial charge is 0.354 e. The lowest BCUT2D eigenvalue weighted by atomic mass is 10.4. The molecule has 0 fully saturated rings. The summed E-state index contributed by atoms with van der Waals surface area (Å²) in [6.07, 6.45) is 0. The van der Waals surface area contributed by atoms with Crippen LogP contribution < -0.4 is 16.8 Å². The van der Waals surface area contributed by atoms with Crippen molar-refractivity contribution in [2.24, 2.45) is 11.5 Å². The van der Waals surface area contributed by atoms with Gasteiger partial charge in [0, 0.05) is 0 Å². The predicted octanol–water partition coefficient (Wildman–Crippen LogP) is -1.75. The van der Waals surface area contributed by atoms with Crippen molar-refractivity contribution in [1.29, 1.82) is 0 Å². The number of aliphatic carboxylic acids is 1. The number of likely N-dealkylation sites (N-methyl/N-ethyl adjacent to an activating group) is 1. The van der Waals surface area contributed by atoms with Gasteiger partial charge >= 0.3 is 5.97 Å². The molecule has 54 valence electrons. The highest BCUT2D eigenvalue weighted by molar-refractivity contribution is 5.76. The van der Waals surface area contributed by atoms with E-state index in [-0.39, 0.29) is 0 Å². The van der Waals surface area contributed by atoms with Gasteiger partial charge in [-0.2, -0.15) is 0 Å². The van der Waals surface area contributed by atoms with Crippen molar-refractivity contribution in [3.05, 3.63) is 0 Å². The maximum Gasteiger partial charge on any atom is 0.354 e. The molecule has 0 unspecified atom stereocenters. The first-order chi connectivity index (χ1) is 4.00. The highest BCUT2D eigenvalue weighted by Crippen LogP contribution is 1.81. The lowest BCUT2D eigenvalue weighted by Gasteiger charge is -2.18. The molecule has 0 spiro atoms. The third-order valence-corrected chi connectivity index (χ3v) is 0.823. The van der Waals surface area contributed by atoms with Crippen LogP contribution in [0.5, 0.6) is 0 Å². The third kappa shape index (κ3) is 2.41. The van der Waals surface area contributed by atoms with Gasteiger partial charge in [0.05, 0.1) is 0 Å². The van der Waals surface area contributed by atoms with Gasteiger partial charge in [-0.1, -0.05) is 6.92 Å². The number of carboxylic acids is 1. The minimum atomic E-state index is -1.78. The lowest BCUT2D eigenvalue weighted by Crippen LogP contribution is -2.66. The van der Waals surface area contributed by atoms with Crippen LogP contribution in [0.2, 0.25) is 0 Å². The summed E-state index contributed by atoms with van der Waals surface area (Å²) in [7, 11) is 0. The maximum absolute atomic E-state index is 10.1. The summed E-state index contributed by atoms with van der Waals surface area (Å²) in [5, 5.41) is 10.6. The van der Waals surface area contributed by atoms with Crippen LogP contribution in [0.3, 0.4) is 0 Å². The molecule has 0 amide bonds. The van der Waals surface area contributed by atoms with Gasteiger partial charge in [-0.15, -0.1) is 0 Å². The van der Waals surface area contributed by atoms with E-state index in [1.807, 2.05) is 0 Å². The van der Waals surface area contributed by atoms with E-state index in [2.05, 4.69) is 5.32 Å². The summed E-state index contributed by atoms with van der Waals surface area (Å²) in [6, 6.07) is 0. The molecule has 5 heteroatoms. The van der Waals surface area contributed by atoms with Gasteiger partial charge in [-0.25, -0.2) is 4.79 Å². The fourth-order valence-corrected chi connectivity index (χ4v) is 0.368. The molecule has 0 aliphatic carbocycles. The number of nitrogens with two attached hydrogens (primary N) is 2. The molecule has 0 rings (SSSR count). The summed E-state index contributed by atoms with van der Waals surface area (Å²) in [5.74, 6) is -3.04. The molecule has 0 aromatic rings. The normalized spacial score (nSPS) is 11.4. The van der Waals surface area contributed by atoms with E-state index in [1.54, 1.807) is 6.92 Å². The highest BCUT2D eigenvalue weighted by atomic mass is 16.4. The van der Waals surface area contributed by atoms with Gasteiger partial charge in [0.1, 0.15) is 0 Å². The molecule has 0 aromatic carbocycles. The first-order valence-electron chi connectivity index (χ1n) is 2.57. The predicted molar refractivity (Wildman–Crippen MR) is 32.4 cm³/mol.